The molecule has 174 valence electrons. The van der Waals surface area contributed by atoms with Crippen LogP contribution < -0.4 is 0 Å². The summed E-state index contributed by atoms with van der Waals surface area (Å²) in [5, 5.41) is 14.9. The third-order valence-electron chi connectivity index (χ3n) is 7.35. The van der Waals surface area contributed by atoms with Gasteiger partial charge in [-0.1, -0.05) is 41.5 Å². The average Bonchev–Trinajstić information content (AvgIpc) is 3.24. The van der Waals surface area contributed by atoms with Crippen LogP contribution in [0.25, 0.3) is 16.9 Å². The molecule has 5 rings (SSSR count). The van der Waals surface area contributed by atoms with Crippen molar-refractivity contribution in [2.75, 3.05) is 26.2 Å². The smallest absolute Gasteiger partial charge is 0.0972 e. The van der Waals surface area contributed by atoms with E-state index >= 15 is 0 Å². The van der Waals surface area contributed by atoms with Crippen LogP contribution in [0.3, 0.4) is 0 Å². The topological polar surface area (TPSA) is 44.5 Å². The number of aromatic nitrogens is 2. The Morgan fingerprint density at radius 3 is 2.30 bits per heavy atom. The molecule has 0 aliphatic carbocycles. The summed E-state index contributed by atoms with van der Waals surface area (Å²) in [6, 6.07) is 17.9. The summed E-state index contributed by atoms with van der Waals surface area (Å²) in [5.41, 5.74) is 7.20. The number of aliphatic hydroxyl groups is 1. The molecular weight excluding hydrogens is 408 g/mol. The Morgan fingerprint density at radius 1 is 0.879 bits per heavy atom. The van der Waals surface area contributed by atoms with Crippen LogP contribution in [-0.4, -0.2) is 63.0 Å². The molecule has 2 aliphatic rings. The van der Waals surface area contributed by atoms with Crippen molar-refractivity contribution in [3.05, 3.63) is 71.4 Å². The Bertz CT molecular complexity index is 1060. The number of likely N-dealkylation sites (tertiary alicyclic amines) is 2. The van der Waals surface area contributed by atoms with E-state index in [2.05, 4.69) is 78.4 Å². The molecule has 0 saturated carbocycles. The molecule has 1 aromatic heterocycles. The van der Waals surface area contributed by atoms with Gasteiger partial charge in [0.15, 0.2) is 0 Å². The monoisotopic (exact) mass is 444 g/mol. The largest absolute Gasteiger partial charge is 0.393 e. The van der Waals surface area contributed by atoms with Crippen molar-refractivity contribution in [1.29, 1.82) is 0 Å². The molecule has 2 aliphatic heterocycles. The molecule has 0 amide bonds. The van der Waals surface area contributed by atoms with E-state index in [1.165, 1.54) is 35.1 Å². The minimum atomic E-state index is -0.0913. The van der Waals surface area contributed by atoms with E-state index in [4.69, 9.17) is 5.10 Å². The third-order valence-corrected chi connectivity index (χ3v) is 7.35. The number of hydrogen-bond acceptors (Lipinski definition) is 4. The number of rotatable bonds is 5. The van der Waals surface area contributed by atoms with Crippen LogP contribution in [0.1, 0.15) is 42.4 Å². The van der Waals surface area contributed by atoms with Crippen LogP contribution in [0.15, 0.2) is 54.7 Å². The van der Waals surface area contributed by atoms with E-state index in [1.54, 1.807) is 0 Å². The van der Waals surface area contributed by atoms with Crippen LogP contribution in [0.4, 0.5) is 0 Å². The highest BCUT2D eigenvalue weighted by molar-refractivity contribution is 5.64. The molecule has 0 bridgehead atoms. The van der Waals surface area contributed by atoms with Crippen molar-refractivity contribution in [1.82, 2.24) is 19.6 Å². The minimum Gasteiger partial charge on any atom is -0.393 e. The molecule has 33 heavy (non-hydrogen) atoms. The second kappa shape index (κ2) is 9.80. The first-order chi connectivity index (χ1) is 16.0. The Labute approximate surface area is 197 Å². The molecule has 2 saturated heterocycles. The van der Waals surface area contributed by atoms with Crippen molar-refractivity contribution in [3.63, 3.8) is 0 Å². The van der Waals surface area contributed by atoms with Crippen molar-refractivity contribution >= 4 is 0 Å². The molecule has 2 fully saturated rings. The summed E-state index contributed by atoms with van der Waals surface area (Å²) in [5.74, 6) is 0. The molecular formula is C28H36N4O. The first-order valence-corrected chi connectivity index (χ1v) is 12.4. The second-order valence-electron chi connectivity index (χ2n) is 9.93. The van der Waals surface area contributed by atoms with Crippen molar-refractivity contribution < 1.29 is 5.11 Å². The zero-order valence-electron chi connectivity index (χ0n) is 20.0. The van der Waals surface area contributed by atoms with E-state index in [0.29, 0.717) is 6.04 Å². The molecule has 3 aromatic rings. The average molecular weight is 445 g/mol. The molecule has 1 N–H and O–H groups in total. The summed E-state index contributed by atoms with van der Waals surface area (Å²) in [4.78, 5) is 5.20. The van der Waals surface area contributed by atoms with Gasteiger partial charge < -0.3 is 10.0 Å². The molecule has 2 aromatic carbocycles. The van der Waals surface area contributed by atoms with Gasteiger partial charge in [0.05, 0.1) is 17.5 Å². The van der Waals surface area contributed by atoms with Crippen LogP contribution in [-0.2, 0) is 6.54 Å². The highest BCUT2D eigenvalue weighted by Crippen LogP contribution is 2.28. The first-order valence-electron chi connectivity index (χ1n) is 12.4. The fourth-order valence-electron chi connectivity index (χ4n) is 5.33. The summed E-state index contributed by atoms with van der Waals surface area (Å²) in [6.45, 7) is 9.52. The van der Waals surface area contributed by atoms with Crippen LogP contribution in [0, 0.1) is 13.8 Å². The van der Waals surface area contributed by atoms with Crippen LogP contribution >= 0.6 is 0 Å². The summed E-state index contributed by atoms with van der Waals surface area (Å²) in [6.07, 6.45) is 6.41. The molecule has 0 spiro atoms. The lowest BCUT2D eigenvalue weighted by Gasteiger charge is -2.41. The second-order valence-corrected chi connectivity index (χ2v) is 9.93. The van der Waals surface area contributed by atoms with E-state index in [0.717, 1.165) is 56.9 Å². The third kappa shape index (κ3) is 5.21. The maximum Gasteiger partial charge on any atom is 0.0972 e. The molecule has 3 heterocycles. The zero-order valence-corrected chi connectivity index (χ0v) is 20.0. The van der Waals surface area contributed by atoms with E-state index in [9.17, 15) is 5.11 Å². The van der Waals surface area contributed by atoms with Crippen LogP contribution in [0.2, 0.25) is 0 Å². The molecule has 0 radical (unpaired) electrons. The van der Waals surface area contributed by atoms with Gasteiger partial charge in [0, 0.05) is 43.0 Å². The quantitative estimate of drug-likeness (QED) is 0.626. The van der Waals surface area contributed by atoms with Gasteiger partial charge in [0.1, 0.15) is 0 Å². The molecule has 0 atom stereocenters. The van der Waals surface area contributed by atoms with Crippen molar-refractivity contribution in [2.45, 2.75) is 58.2 Å². The Balaban J connectivity index is 1.33. The highest BCUT2D eigenvalue weighted by Gasteiger charge is 2.28. The first kappa shape index (κ1) is 22.3. The number of aliphatic hydroxyl groups excluding tert-OH is 1. The maximum absolute atomic E-state index is 9.82. The van der Waals surface area contributed by atoms with Crippen molar-refractivity contribution in [2.24, 2.45) is 0 Å². The number of hydrogen-bond donors (Lipinski definition) is 1. The van der Waals surface area contributed by atoms with Crippen LogP contribution in [0.5, 0.6) is 0 Å². The number of aryl methyl sites for hydroxylation is 2. The predicted octanol–water partition coefficient (Wildman–Crippen LogP) is 4.58. The Kier molecular flexibility index (Phi) is 6.63. The molecule has 0 unspecified atom stereocenters. The number of benzene rings is 2. The number of nitrogens with zero attached hydrogens (tertiary/aromatic N) is 4. The van der Waals surface area contributed by atoms with Gasteiger partial charge >= 0.3 is 0 Å². The SMILES string of the molecule is Cc1ccc(-n2cc(CN3CCC(N4CCC(O)CC4)CC3)c(-c3cccc(C)c3)n2)cc1. The maximum atomic E-state index is 9.82. The van der Waals surface area contributed by atoms with E-state index < -0.39 is 0 Å². The predicted molar refractivity (Wildman–Crippen MR) is 134 cm³/mol. The summed E-state index contributed by atoms with van der Waals surface area (Å²) in [7, 11) is 0. The Morgan fingerprint density at radius 2 is 1.61 bits per heavy atom. The summed E-state index contributed by atoms with van der Waals surface area (Å²) < 4.78 is 2.04. The fraction of sp³-hybridized carbons (Fsp3) is 0.464. The van der Waals surface area contributed by atoms with Gasteiger partial charge in [-0.15, -0.1) is 0 Å². The standard InChI is InChI=1S/C28H36N4O/c1-21-6-8-26(9-7-21)32-20-24(28(29-32)23-5-3-4-22(2)18-23)19-30-14-10-25(11-15-30)31-16-12-27(33)13-17-31/h3-9,18,20,25,27,33H,10-17,19H2,1-2H3. The molecule has 5 heteroatoms. The van der Waals surface area contributed by atoms with Gasteiger partial charge in [0.2, 0.25) is 0 Å². The van der Waals surface area contributed by atoms with Gasteiger partial charge in [0.25, 0.3) is 0 Å². The van der Waals surface area contributed by atoms with Gasteiger partial charge in [-0.2, -0.15) is 5.10 Å². The number of piperidine rings is 2. The van der Waals surface area contributed by atoms with E-state index in [1.807, 2.05) is 4.68 Å². The lowest BCUT2D eigenvalue weighted by Crippen LogP contribution is -2.48. The van der Waals surface area contributed by atoms with E-state index in [-0.39, 0.29) is 6.10 Å². The Hall–Kier alpha value is -2.47. The fourth-order valence-corrected chi connectivity index (χ4v) is 5.33. The normalized spacial score (nSPS) is 19.2. The zero-order chi connectivity index (χ0) is 22.8. The molecule has 5 nitrogen and oxygen atoms in total. The lowest BCUT2D eigenvalue weighted by atomic mass is 9.98. The highest BCUT2D eigenvalue weighted by atomic mass is 16.3. The van der Waals surface area contributed by atoms with Gasteiger partial charge in [-0.25, -0.2) is 4.68 Å². The summed E-state index contributed by atoms with van der Waals surface area (Å²) >= 11 is 0. The minimum absolute atomic E-state index is 0.0913. The lowest BCUT2D eigenvalue weighted by molar-refractivity contribution is 0.0376. The van der Waals surface area contributed by atoms with Gasteiger partial charge in [-0.05, 0) is 70.8 Å². The van der Waals surface area contributed by atoms with Crippen molar-refractivity contribution in [3.8, 4) is 16.9 Å². The van der Waals surface area contributed by atoms with Gasteiger partial charge in [-0.3, -0.25) is 4.90 Å².